The van der Waals surface area contributed by atoms with Gasteiger partial charge in [0.25, 0.3) is 0 Å². The first kappa shape index (κ1) is 18.9. The van der Waals surface area contributed by atoms with Gasteiger partial charge in [0.2, 0.25) is 0 Å². The Labute approximate surface area is 170 Å². The Balaban J connectivity index is 1.67. The van der Waals surface area contributed by atoms with Crippen molar-refractivity contribution >= 4 is 35.3 Å². The summed E-state index contributed by atoms with van der Waals surface area (Å²) < 4.78 is 0. The summed E-state index contributed by atoms with van der Waals surface area (Å²) >= 11 is 3.68. The molecule has 0 atom stereocenters. The van der Waals surface area contributed by atoms with Gasteiger partial charge in [-0.2, -0.15) is 0 Å². The fourth-order valence-corrected chi connectivity index (χ4v) is 5.21. The number of thioether (sulfide) groups is 1. The highest BCUT2D eigenvalue weighted by Gasteiger charge is 2.24. The summed E-state index contributed by atoms with van der Waals surface area (Å²) in [5.74, 6) is 0. The maximum atomic E-state index is 9.09. The largest absolute Gasteiger partial charge is 0.396 e. The number of hydrogen-bond acceptors (Lipinski definition) is 5. The molecule has 0 amide bonds. The molecule has 142 valence electrons. The lowest BCUT2D eigenvalue weighted by Crippen LogP contribution is -2.45. The number of aliphatic hydroxyl groups excluding tert-OH is 1. The maximum Gasteiger partial charge on any atom is 0.0459 e. The number of benzene rings is 2. The molecule has 0 spiro atoms. The van der Waals surface area contributed by atoms with Gasteiger partial charge in [-0.15, -0.1) is 11.8 Å². The third kappa shape index (κ3) is 4.21. The predicted molar refractivity (Wildman–Crippen MR) is 116 cm³/mol. The van der Waals surface area contributed by atoms with E-state index < -0.39 is 0 Å². The summed E-state index contributed by atoms with van der Waals surface area (Å²) in [6.45, 7) is 5.47. The van der Waals surface area contributed by atoms with Crippen LogP contribution in [0.15, 0.2) is 57.2 Å². The molecule has 2 aromatic carbocycles. The first-order chi connectivity index (χ1) is 13.3. The second-order valence-corrected chi connectivity index (χ2v) is 8.90. The SMILES string of the molecule is CSc1ccc2c(c1)C(N1CCN(CCCO)CC1)=Cc1ccccc1S2. The molecule has 0 unspecified atom stereocenters. The van der Waals surface area contributed by atoms with Gasteiger partial charge < -0.3 is 10.0 Å². The molecule has 0 radical (unpaired) electrons. The normalized spacial score (nSPS) is 17.1. The molecule has 2 aliphatic heterocycles. The van der Waals surface area contributed by atoms with Crippen LogP contribution in [0, 0.1) is 0 Å². The number of aliphatic hydroxyl groups is 1. The van der Waals surface area contributed by atoms with Crippen molar-refractivity contribution < 1.29 is 5.11 Å². The molecule has 2 aliphatic rings. The summed E-state index contributed by atoms with van der Waals surface area (Å²) in [5, 5.41) is 9.09. The number of hydrogen-bond donors (Lipinski definition) is 1. The topological polar surface area (TPSA) is 26.7 Å². The van der Waals surface area contributed by atoms with Crippen LogP contribution in [0.25, 0.3) is 11.8 Å². The monoisotopic (exact) mass is 398 g/mol. The second-order valence-electron chi connectivity index (χ2n) is 6.94. The standard InChI is InChI=1S/C22H26N2OS2/c1-26-18-7-8-22-19(16-18)20(15-17-5-2-3-6-21(17)27-22)24-12-10-23(11-13-24)9-4-14-25/h2-3,5-8,15-16,25H,4,9-14H2,1H3. The highest BCUT2D eigenvalue weighted by atomic mass is 32.2. The van der Waals surface area contributed by atoms with E-state index in [1.54, 1.807) is 11.8 Å². The molecule has 3 nitrogen and oxygen atoms in total. The lowest BCUT2D eigenvalue weighted by molar-refractivity contribution is 0.161. The van der Waals surface area contributed by atoms with Crippen LogP contribution in [-0.4, -0.2) is 60.5 Å². The van der Waals surface area contributed by atoms with E-state index in [0.717, 1.165) is 39.1 Å². The maximum absolute atomic E-state index is 9.09. The first-order valence-corrected chi connectivity index (χ1v) is 11.6. The number of piperazine rings is 1. The Kier molecular flexibility index (Phi) is 6.13. The molecule has 0 bridgehead atoms. The molecule has 27 heavy (non-hydrogen) atoms. The minimum absolute atomic E-state index is 0.282. The van der Waals surface area contributed by atoms with Crippen LogP contribution in [0.1, 0.15) is 17.5 Å². The molecule has 4 rings (SSSR count). The Bertz CT molecular complexity index is 829. The zero-order valence-electron chi connectivity index (χ0n) is 15.7. The molecule has 1 N–H and O–H groups in total. The highest BCUT2D eigenvalue weighted by Crippen LogP contribution is 2.42. The van der Waals surface area contributed by atoms with Crippen molar-refractivity contribution in [2.75, 3.05) is 45.6 Å². The van der Waals surface area contributed by atoms with Gasteiger partial charge in [0.05, 0.1) is 0 Å². The molecule has 2 heterocycles. The van der Waals surface area contributed by atoms with Gasteiger partial charge in [-0.05, 0) is 48.6 Å². The zero-order chi connectivity index (χ0) is 18.6. The van der Waals surface area contributed by atoms with Crippen LogP contribution >= 0.6 is 23.5 Å². The van der Waals surface area contributed by atoms with Gasteiger partial charge in [-0.25, -0.2) is 0 Å². The van der Waals surface area contributed by atoms with Crippen LogP contribution in [-0.2, 0) is 0 Å². The van der Waals surface area contributed by atoms with Crippen molar-refractivity contribution in [1.82, 2.24) is 9.80 Å². The minimum Gasteiger partial charge on any atom is -0.396 e. The summed E-state index contributed by atoms with van der Waals surface area (Å²) in [5.41, 5.74) is 4.01. The predicted octanol–water partition coefficient (Wildman–Crippen LogP) is 4.37. The van der Waals surface area contributed by atoms with E-state index in [1.165, 1.54) is 31.5 Å². The van der Waals surface area contributed by atoms with Crippen molar-refractivity contribution in [2.24, 2.45) is 0 Å². The molecule has 0 aromatic heterocycles. The Hall–Kier alpha value is -1.40. The Morgan fingerprint density at radius 1 is 1.04 bits per heavy atom. The van der Waals surface area contributed by atoms with Crippen LogP contribution in [0.4, 0.5) is 0 Å². The smallest absolute Gasteiger partial charge is 0.0459 e. The molecule has 2 aromatic rings. The van der Waals surface area contributed by atoms with E-state index in [0.29, 0.717) is 0 Å². The zero-order valence-corrected chi connectivity index (χ0v) is 17.4. The molecular formula is C22H26N2OS2. The number of nitrogens with zero attached hydrogens (tertiary/aromatic N) is 2. The van der Waals surface area contributed by atoms with Crippen LogP contribution in [0.2, 0.25) is 0 Å². The van der Waals surface area contributed by atoms with Gasteiger partial charge in [-0.1, -0.05) is 30.0 Å². The van der Waals surface area contributed by atoms with Crippen LogP contribution < -0.4 is 0 Å². The van der Waals surface area contributed by atoms with Gasteiger partial charge >= 0.3 is 0 Å². The third-order valence-electron chi connectivity index (χ3n) is 5.24. The van der Waals surface area contributed by atoms with E-state index in [1.807, 2.05) is 11.8 Å². The van der Waals surface area contributed by atoms with E-state index in [-0.39, 0.29) is 6.61 Å². The number of rotatable bonds is 5. The third-order valence-corrected chi connectivity index (χ3v) is 7.13. The van der Waals surface area contributed by atoms with E-state index in [2.05, 4.69) is 64.6 Å². The average Bonchev–Trinajstić information content (AvgIpc) is 2.88. The summed E-state index contributed by atoms with van der Waals surface area (Å²) in [7, 11) is 0. The highest BCUT2D eigenvalue weighted by molar-refractivity contribution is 7.99. The first-order valence-electron chi connectivity index (χ1n) is 9.53. The van der Waals surface area contributed by atoms with E-state index in [4.69, 9.17) is 5.11 Å². The Morgan fingerprint density at radius 3 is 2.63 bits per heavy atom. The van der Waals surface area contributed by atoms with Crippen LogP contribution in [0.5, 0.6) is 0 Å². The van der Waals surface area contributed by atoms with Gasteiger partial charge in [-0.3, -0.25) is 4.90 Å². The van der Waals surface area contributed by atoms with Crippen LogP contribution in [0.3, 0.4) is 0 Å². The van der Waals surface area contributed by atoms with E-state index >= 15 is 0 Å². The van der Waals surface area contributed by atoms with Gasteiger partial charge in [0.15, 0.2) is 0 Å². The molecule has 1 saturated heterocycles. The lowest BCUT2D eigenvalue weighted by Gasteiger charge is -2.37. The summed E-state index contributed by atoms with van der Waals surface area (Å²) in [6.07, 6.45) is 5.39. The Morgan fingerprint density at radius 2 is 1.85 bits per heavy atom. The molecule has 5 heteroatoms. The van der Waals surface area contributed by atoms with Gasteiger partial charge in [0, 0.05) is 65.3 Å². The molecular weight excluding hydrogens is 372 g/mol. The van der Waals surface area contributed by atoms with Gasteiger partial charge in [0.1, 0.15) is 0 Å². The van der Waals surface area contributed by atoms with Crippen molar-refractivity contribution in [2.45, 2.75) is 21.1 Å². The van der Waals surface area contributed by atoms with Crippen molar-refractivity contribution in [1.29, 1.82) is 0 Å². The average molecular weight is 399 g/mol. The molecule has 1 fully saturated rings. The fourth-order valence-electron chi connectivity index (χ4n) is 3.73. The molecule has 0 aliphatic carbocycles. The summed E-state index contributed by atoms with van der Waals surface area (Å²) in [4.78, 5) is 8.99. The second kappa shape index (κ2) is 8.74. The quantitative estimate of drug-likeness (QED) is 0.755. The van der Waals surface area contributed by atoms with Crippen molar-refractivity contribution in [3.05, 3.63) is 53.6 Å². The van der Waals surface area contributed by atoms with Crippen molar-refractivity contribution in [3.63, 3.8) is 0 Å². The van der Waals surface area contributed by atoms with Crippen molar-refractivity contribution in [3.8, 4) is 0 Å². The van der Waals surface area contributed by atoms with E-state index in [9.17, 15) is 0 Å². The number of fused-ring (bicyclic) bond motifs is 2. The summed E-state index contributed by atoms with van der Waals surface area (Å²) in [6, 6.07) is 15.6. The lowest BCUT2D eigenvalue weighted by atomic mass is 10.1. The minimum atomic E-state index is 0.282. The fraction of sp³-hybridized carbons (Fsp3) is 0.364. The molecule has 0 saturated carbocycles.